The minimum Gasteiger partial charge on any atom is -0.389 e. The third-order valence-electron chi connectivity index (χ3n) is 2.58. The van der Waals surface area contributed by atoms with Crippen LogP contribution < -0.4 is 0 Å². The zero-order chi connectivity index (χ0) is 13.8. The lowest BCUT2D eigenvalue weighted by Crippen LogP contribution is -2.15. The molecular formula is C12H12N2O5. The van der Waals surface area contributed by atoms with E-state index in [0.29, 0.717) is 12.1 Å². The number of carbonyl (C=O) groups excluding carboxylic acids is 1. The van der Waals surface area contributed by atoms with Gasteiger partial charge >= 0.3 is 0 Å². The van der Waals surface area contributed by atoms with Crippen molar-refractivity contribution in [3.8, 4) is 0 Å². The van der Waals surface area contributed by atoms with Crippen LogP contribution in [0.4, 0.5) is 5.69 Å². The Hall–Kier alpha value is -2.25. The first-order chi connectivity index (χ1) is 9.06. The summed E-state index contributed by atoms with van der Waals surface area (Å²) in [7, 11) is 0. The van der Waals surface area contributed by atoms with Crippen molar-refractivity contribution in [3.63, 3.8) is 0 Å². The minimum atomic E-state index is -0.556. The molecule has 19 heavy (non-hydrogen) atoms. The molecule has 1 atom stereocenters. The third kappa shape index (κ3) is 3.36. The molecule has 1 aliphatic rings. The van der Waals surface area contributed by atoms with Gasteiger partial charge in [-0.3, -0.25) is 24.8 Å². The van der Waals surface area contributed by atoms with E-state index < -0.39 is 11.0 Å². The van der Waals surface area contributed by atoms with E-state index in [0.717, 1.165) is 0 Å². The van der Waals surface area contributed by atoms with Crippen molar-refractivity contribution in [1.82, 2.24) is 5.06 Å². The van der Waals surface area contributed by atoms with Gasteiger partial charge in [-0.15, -0.1) is 0 Å². The summed E-state index contributed by atoms with van der Waals surface area (Å²) in [4.78, 5) is 26.8. The van der Waals surface area contributed by atoms with E-state index in [4.69, 9.17) is 4.84 Å². The predicted molar refractivity (Wildman–Crippen MR) is 65.2 cm³/mol. The number of β-amino-alcohol motifs (C(OH)–C–C–N with tert-alkyl or cyclic N) is 1. The first-order valence-corrected chi connectivity index (χ1v) is 5.61. The number of aliphatic hydroxyl groups is 1. The second-order valence-corrected chi connectivity index (χ2v) is 4.03. The maximum absolute atomic E-state index is 11.8. The highest BCUT2D eigenvalue weighted by Gasteiger charge is 2.18. The highest BCUT2D eigenvalue weighted by Crippen LogP contribution is 2.13. The normalized spacial score (nSPS) is 19.0. The second kappa shape index (κ2) is 5.59. The fourth-order valence-corrected chi connectivity index (χ4v) is 1.59. The molecule has 7 heteroatoms. The monoisotopic (exact) mass is 264 g/mol. The Kier molecular flexibility index (Phi) is 3.88. The fraction of sp³-hybridized carbons (Fsp3) is 0.250. The van der Waals surface area contributed by atoms with Crippen LogP contribution in [0.25, 0.3) is 0 Å². The van der Waals surface area contributed by atoms with Crippen LogP contribution in [0.2, 0.25) is 0 Å². The highest BCUT2D eigenvalue weighted by atomic mass is 16.7. The van der Waals surface area contributed by atoms with Gasteiger partial charge in [0.25, 0.3) is 5.69 Å². The molecule has 2 rings (SSSR count). The molecular weight excluding hydrogens is 252 g/mol. The summed E-state index contributed by atoms with van der Waals surface area (Å²) < 4.78 is 0. The molecule has 1 N–H and O–H groups in total. The van der Waals surface area contributed by atoms with E-state index >= 15 is 0 Å². The molecule has 0 radical (unpaired) electrons. The number of benzene rings is 1. The van der Waals surface area contributed by atoms with Crippen LogP contribution in [0.5, 0.6) is 0 Å². The predicted octanol–water partition coefficient (Wildman–Crippen LogP) is 0.899. The van der Waals surface area contributed by atoms with Gasteiger partial charge in [-0.1, -0.05) is 0 Å². The molecule has 0 saturated carbocycles. The second-order valence-electron chi connectivity index (χ2n) is 4.03. The highest BCUT2D eigenvalue weighted by molar-refractivity contribution is 6.04. The van der Waals surface area contributed by atoms with Gasteiger partial charge in [0, 0.05) is 30.0 Å². The van der Waals surface area contributed by atoms with Gasteiger partial charge in [-0.25, -0.2) is 0 Å². The Labute approximate surface area is 108 Å². The molecule has 1 heterocycles. The zero-order valence-electron chi connectivity index (χ0n) is 9.93. The van der Waals surface area contributed by atoms with Crippen molar-refractivity contribution in [1.29, 1.82) is 0 Å². The number of allylic oxidation sites excluding steroid dienone is 1. The van der Waals surface area contributed by atoms with E-state index in [9.17, 15) is 20.0 Å². The van der Waals surface area contributed by atoms with Crippen LogP contribution in [-0.4, -0.2) is 40.1 Å². The summed E-state index contributed by atoms with van der Waals surface area (Å²) in [5, 5.41) is 21.1. The average Bonchev–Trinajstić information content (AvgIpc) is 2.82. The molecule has 1 aliphatic heterocycles. The van der Waals surface area contributed by atoms with Crippen LogP contribution in [0.15, 0.2) is 36.5 Å². The number of nitro benzene ring substituents is 1. The van der Waals surface area contributed by atoms with Crippen molar-refractivity contribution in [2.45, 2.75) is 6.10 Å². The van der Waals surface area contributed by atoms with Crippen molar-refractivity contribution < 1.29 is 19.7 Å². The van der Waals surface area contributed by atoms with Gasteiger partial charge in [0.2, 0.25) is 0 Å². The molecule has 1 aromatic rings. The average molecular weight is 264 g/mol. The number of aliphatic hydroxyl groups excluding tert-OH is 1. The Morgan fingerprint density at radius 3 is 2.68 bits per heavy atom. The Bertz CT molecular complexity index is 511. The molecule has 0 aliphatic carbocycles. The molecule has 0 amide bonds. The summed E-state index contributed by atoms with van der Waals surface area (Å²) in [6.07, 6.45) is 2.17. The SMILES string of the molecule is O=C(/C=C\N1C[C@@H](O)CO1)c1ccc([N+](=O)[O-])cc1. The molecule has 0 aromatic heterocycles. The molecule has 7 nitrogen and oxygen atoms in total. The van der Waals surface area contributed by atoms with E-state index in [-0.39, 0.29) is 18.1 Å². The number of nitrogens with zero attached hydrogens (tertiary/aromatic N) is 2. The quantitative estimate of drug-likeness (QED) is 0.376. The van der Waals surface area contributed by atoms with E-state index in [1.54, 1.807) is 0 Å². The van der Waals surface area contributed by atoms with E-state index in [1.165, 1.54) is 41.6 Å². The Morgan fingerprint density at radius 2 is 2.16 bits per heavy atom. The maximum atomic E-state index is 11.8. The first kappa shape index (κ1) is 13.2. The van der Waals surface area contributed by atoms with Crippen LogP contribution in [0.3, 0.4) is 0 Å². The van der Waals surface area contributed by atoms with Gasteiger partial charge in [0.15, 0.2) is 5.78 Å². The van der Waals surface area contributed by atoms with Crippen LogP contribution in [-0.2, 0) is 4.84 Å². The van der Waals surface area contributed by atoms with Gasteiger partial charge in [-0.2, -0.15) is 0 Å². The molecule has 1 saturated heterocycles. The standard InChI is InChI=1S/C12H12N2O5/c15-11-7-13(19-8-11)6-5-12(16)9-1-3-10(4-2-9)14(17)18/h1-6,11,15H,7-8H2/b6-5-/t11-/m1/s1. The Morgan fingerprint density at radius 1 is 1.47 bits per heavy atom. The van der Waals surface area contributed by atoms with E-state index in [2.05, 4.69) is 0 Å². The van der Waals surface area contributed by atoms with Gasteiger partial charge in [0.1, 0.15) is 6.61 Å². The van der Waals surface area contributed by atoms with E-state index in [1.807, 2.05) is 0 Å². The lowest BCUT2D eigenvalue weighted by atomic mass is 10.1. The summed E-state index contributed by atoms with van der Waals surface area (Å²) in [5.41, 5.74) is 0.285. The lowest BCUT2D eigenvalue weighted by molar-refractivity contribution is -0.384. The topological polar surface area (TPSA) is 92.9 Å². The Balaban J connectivity index is 1.99. The number of hydrogen-bond acceptors (Lipinski definition) is 6. The molecule has 1 fully saturated rings. The number of hydrogen-bond donors (Lipinski definition) is 1. The minimum absolute atomic E-state index is 0.0634. The third-order valence-corrected chi connectivity index (χ3v) is 2.58. The first-order valence-electron chi connectivity index (χ1n) is 5.61. The molecule has 0 unspecified atom stereocenters. The number of ketones is 1. The summed E-state index contributed by atoms with van der Waals surface area (Å²) >= 11 is 0. The largest absolute Gasteiger partial charge is 0.389 e. The molecule has 1 aromatic carbocycles. The van der Waals surface area contributed by atoms with Crippen LogP contribution in [0.1, 0.15) is 10.4 Å². The molecule has 100 valence electrons. The smallest absolute Gasteiger partial charge is 0.269 e. The van der Waals surface area contributed by atoms with Crippen LogP contribution >= 0.6 is 0 Å². The van der Waals surface area contributed by atoms with Gasteiger partial charge < -0.3 is 5.11 Å². The molecule has 0 spiro atoms. The summed E-state index contributed by atoms with van der Waals surface area (Å²) in [6, 6.07) is 5.34. The summed E-state index contributed by atoms with van der Waals surface area (Å²) in [5.74, 6) is -0.292. The van der Waals surface area contributed by atoms with Gasteiger partial charge in [-0.05, 0) is 12.1 Å². The van der Waals surface area contributed by atoms with Crippen LogP contribution in [0, 0.1) is 10.1 Å². The van der Waals surface area contributed by atoms with Crippen molar-refractivity contribution in [2.75, 3.05) is 13.2 Å². The fourth-order valence-electron chi connectivity index (χ4n) is 1.59. The number of nitro groups is 1. The lowest BCUT2D eigenvalue weighted by Gasteiger charge is -2.08. The van der Waals surface area contributed by atoms with Crippen molar-refractivity contribution >= 4 is 11.5 Å². The van der Waals surface area contributed by atoms with Crippen molar-refractivity contribution in [2.24, 2.45) is 0 Å². The molecule has 0 bridgehead atoms. The number of carbonyl (C=O) groups is 1. The van der Waals surface area contributed by atoms with Gasteiger partial charge in [0.05, 0.1) is 17.6 Å². The zero-order valence-corrected chi connectivity index (χ0v) is 9.93. The maximum Gasteiger partial charge on any atom is 0.269 e. The number of hydroxylamine groups is 2. The number of rotatable bonds is 4. The number of non-ortho nitro benzene ring substituents is 1. The summed E-state index contributed by atoms with van der Waals surface area (Å²) in [6.45, 7) is 0.514. The van der Waals surface area contributed by atoms with Crippen molar-refractivity contribution in [3.05, 3.63) is 52.2 Å².